The molecule has 0 spiro atoms. The Kier molecular flexibility index (Phi) is 3.50. The Labute approximate surface area is 118 Å². The molecule has 3 rings (SSSR count). The molecule has 0 amide bonds. The third-order valence-corrected chi connectivity index (χ3v) is 3.56. The fourth-order valence-corrected chi connectivity index (χ4v) is 2.39. The van der Waals surface area contributed by atoms with Crippen LogP contribution in [0.5, 0.6) is 11.5 Å². The summed E-state index contributed by atoms with van der Waals surface area (Å²) in [6.45, 7) is 0. The summed E-state index contributed by atoms with van der Waals surface area (Å²) in [5, 5.41) is 0. The van der Waals surface area contributed by atoms with E-state index >= 15 is 0 Å². The quantitative estimate of drug-likeness (QED) is 0.809. The second-order valence-electron chi connectivity index (χ2n) is 5.00. The molecular weight excluding hydrogens is 252 g/mol. The van der Waals surface area contributed by atoms with E-state index in [4.69, 9.17) is 13.9 Å². The van der Waals surface area contributed by atoms with Crippen molar-refractivity contribution in [1.82, 2.24) is 0 Å². The summed E-state index contributed by atoms with van der Waals surface area (Å²) in [7, 11) is 3.43. The Morgan fingerprint density at radius 2 is 1.70 bits per heavy atom. The van der Waals surface area contributed by atoms with Gasteiger partial charge in [-0.05, 0) is 42.5 Å². The third kappa shape index (κ3) is 2.57. The molecule has 1 aliphatic carbocycles. The first-order valence-corrected chi connectivity index (χ1v) is 6.78. The van der Waals surface area contributed by atoms with Crippen molar-refractivity contribution in [3.05, 3.63) is 47.4 Å². The van der Waals surface area contributed by atoms with Crippen LogP contribution >= 0.6 is 0 Å². The van der Waals surface area contributed by atoms with Gasteiger partial charge in [-0.2, -0.15) is 0 Å². The minimum absolute atomic E-state index is 0.590. The lowest BCUT2D eigenvalue weighted by Gasteiger charge is -2.13. The van der Waals surface area contributed by atoms with Crippen molar-refractivity contribution in [2.75, 3.05) is 14.2 Å². The fourth-order valence-electron chi connectivity index (χ4n) is 2.39. The Bertz CT molecular complexity index is 582. The van der Waals surface area contributed by atoms with Crippen molar-refractivity contribution >= 4 is 12.2 Å². The molecule has 0 N–H and O–H groups in total. The highest BCUT2D eigenvalue weighted by Crippen LogP contribution is 2.49. The Morgan fingerprint density at radius 3 is 2.20 bits per heavy atom. The molecule has 1 heterocycles. The standard InChI is InChI=1S/C17H18O3/c1-18-15-9-13(4-3-12-7-8-20-11-12)10-16(19-2)17(15)14-5-6-14/h3-4,7-11,14H,5-6H2,1-2H3/b4-3+. The molecule has 104 valence electrons. The van der Waals surface area contributed by atoms with Gasteiger partial charge >= 0.3 is 0 Å². The van der Waals surface area contributed by atoms with Gasteiger partial charge in [0.05, 0.1) is 26.7 Å². The number of rotatable bonds is 5. The average Bonchev–Trinajstić information content (AvgIpc) is 3.19. The van der Waals surface area contributed by atoms with Crippen LogP contribution in [-0.2, 0) is 0 Å². The molecule has 20 heavy (non-hydrogen) atoms. The smallest absolute Gasteiger partial charge is 0.126 e. The van der Waals surface area contributed by atoms with Crippen LogP contribution in [0, 0.1) is 0 Å². The first-order valence-electron chi connectivity index (χ1n) is 6.78. The number of ether oxygens (including phenoxy) is 2. The number of furan rings is 1. The highest BCUT2D eigenvalue weighted by Gasteiger charge is 2.30. The number of hydrogen-bond acceptors (Lipinski definition) is 3. The van der Waals surface area contributed by atoms with Crippen LogP contribution in [0.25, 0.3) is 12.2 Å². The van der Waals surface area contributed by atoms with Gasteiger partial charge in [0.25, 0.3) is 0 Å². The summed E-state index contributed by atoms with van der Waals surface area (Å²) in [6, 6.07) is 6.04. The molecule has 0 aliphatic heterocycles. The molecule has 2 aromatic rings. The van der Waals surface area contributed by atoms with E-state index in [0.29, 0.717) is 5.92 Å². The van der Waals surface area contributed by atoms with E-state index in [1.807, 2.05) is 18.2 Å². The van der Waals surface area contributed by atoms with Crippen molar-refractivity contribution in [3.8, 4) is 11.5 Å². The van der Waals surface area contributed by atoms with Crippen LogP contribution in [-0.4, -0.2) is 14.2 Å². The maximum Gasteiger partial charge on any atom is 0.126 e. The zero-order valence-corrected chi connectivity index (χ0v) is 11.8. The van der Waals surface area contributed by atoms with Crippen LogP contribution < -0.4 is 9.47 Å². The Hall–Kier alpha value is -2.16. The van der Waals surface area contributed by atoms with E-state index < -0.39 is 0 Å². The largest absolute Gasteiger partial charge is 0.496 e. The van der Waals surface area contributed by atoms with Gasteiger partial charge in [-0.1, -0.05) is 12.2 Å². The van der Waals surface area contributed by atoms with Crippen LogP contribution in [0.1, 0.15) is 35.4 Å². The van der Waals surface area contributed by atoms with Crippen LogP contribution in [0.3, 0.4) is 0 Å². The highest BCUT2D eigenvalue weighted by molar-refractivity contribution is 5.71. The number of hydrogen-bond donors (Lipinski definition) is 0. The van der Waals surface area contributed by atoms with Gasteiger partial charge in [-0.3, -0.25) is 0 Å². The van der Waals surface area contributed by atoms with E-state index in [1.165, 1.54) is 18.4 Å². The summed E-state index contributed by atoms with van der Waals surface area (Å²) in [6.07, 6.45) is 9.86. The second kappa shape index (κ2) is 5.45. The van der Waals surface area contributed by atoms with E-state index in [2.05, 4.69) is 12.1 Å². The highest BCUT2D eigenvalue weighted by atomic mass is 16.5. The Balaban J connectivity index is 1.95. The maximum atomic E-state index is 5.53. The number of benzene rings is 1. The molecule has 0 atom stereocenters. The predicted molar refractivity (Wildman–Crippen MR) is 79.2 cm³/mol. The lowest BCUT2D eigenvalue weighted by atomic mass is 10.0. The molecule has 1 aliphatic rings. The number of methoxy groups -OCH3 is 2. The van der Waals surface area contributed by atoms with Gasteiger partial charge < -0.3 is 13.9 Å². The first-order chi connectivity index (χ1) is 9.81. The topological polar surface area (TPSA) is 31.6 Å². The zero-order valence-electron chi connectivity index (χ0n) is 11.8. The maximum absolute atomic E-state index is 5.53. The average molecular weight is 270 g/mol. The van der Waals surface area contributed by atoms with E-state index in [0.717, 1.165) is 22.6 Å². The molecule has 0 unspecified atom stereocenters. The van der Waals surface area contributed by atoms with E-state index in [1.54, 1.807) is 26.7 Å². The molecule has 0 saturated heterocycles. The molecule has 1 fully saturated rings. The molecule has 3 heteroatoms. The third-order valence-electron chi connectivity index (χ3n) is 3.56. The second-order valence-corrected chi connectivity index (χ2v) is 5.00. The SMILES string of the molecule is COc1cc(/C=C/c2ccoc2)cc(OC)c1C1CC1. The summed E-state index contributed by atoms with van der Waals surface area (Å²) in [4.78, 5) is 0. The van der Waals surface area contributed by atoms with Gasteiger partial charge in [0.1, 0.15) is 11.5 Å². The summed E-state index contributed by atoms with van der Waals surface area (Å²) < 4.78 is 16.1. The zero-order chi connectivity index (χ0) is 13.9. The minimum atomic E-state index is 0.590. The van der Waals surface area contributed by atoms with Crippen molar-refractivity contribution in [1.29, 1.82) is 0 Å². The molecule has 0 bridgehead atoms. The van der Waals surface area contributed by atoms with Crippen LogP contribution in [0.15, 0.2) is 35.1 Å². The van der Waals surface area contributed by atoms with E-state index in [9.17, 15) is 0 Å². The van der Waals surface area contributed by atoms with Gasteiger partial charge in [-0.15, -0.1) is 0 Å². The lowest BCUT2D eigenvalue weighted by Crippen LogP contribution is -1.96. The van der Waals surface area contributed by atoms with Crippen molar-refractivity contribution in [2.24, 2.45) is 0 Å². The normalized spacial score (nSPS) is 14.7. The van der Waals surface area contributed by atoms with Crippen molar-refractivity contribution < 1.29 is 13.9 Å². The lowest BCUT2D eigenvalue weighted by molar-refractivity contribution is 0.385. The van der Waals surface area contributed by atoms with Gasteiger partial charge in [0.2, 0.25) is 0 Å². The summed E-state index contributed by atoms with van der Waals surface area (Å²) >= 11 is 0. The molecule has 1 aromatic heterocycles. The summed E-state index contributed by atoms with van der Waals surface area (Å²) in [5.74, 6) is 2.42. The molecule has 0 radical (unpaired) electrons. The van der Waals surface area contributed by atoms with Gasteiger partial charge in [0, 0.05) is 11.1 Å². The van der Waals surface area contributed by atoms with Gasteiger partial charge in [0.15, 0.2) is 0 Å². The Morgan fingerprint density at radius 1 is 1.05 bits per heavy atom. The monoisotopic (exact) mass is 270 g/mol. The summed E-state index contributed by atoms with van der Waals surface area (Å²) in [5.41, 5.74) is 3.30. The van der Waals surface area contributed by atoms with Crippen molar-refractivity contribution in [2.45, 2.75) is 18.8 Å². The van der Waals surface area contributed by atoms with Crippen LogP contribution in [0.2, 0.25) is 0 Å². The van der Waals surface area contributed by atoms with E-state index in [-0.39, 0.29) is 0 Å². The van der Waals surface area contributed by atoms with Gasteiger partial charge in [-0.25, -0.2) is 0 Å². The van der Waals surface area contributed by atoms with Crippen LogP contribution in [0.4, 0.5) is 0 Å². The molecule has 3 nitrogen and oxygen atoms in total. The predicted octanol–water partition coefficient (Wildman–Crippen LogP) is 4.34. The molecule has 1 aromatic carbocycles. The first kappa shape index (κ1) is 12.9. The van der Waals surface area contributed by atoms with Crippen molar-refractivity contribution in [3.63, 3.8) is 0 Å². The molecule has 1 saturated carbocycles. The molecular formula is C17H18O3. The fraction of sp³-hybridized carbons (Fsp3) is 0.294. The minimum Gasteiger partial charge on any atom is -0.496 e.